The molecule has 0 aromatic carbocycles. The first-order chi connectivity index (χ1) is 6.20. The number of carbonyl (C=O) groups excluding carboxylic acids is 1. The first-order valence-corrected chi connectivity index (χ1v) is 4.36. The van der Waals surface area contributed by atoms with Gasteiger partial charge in [-0.25, -0.2) is 0 Å². The van der Waals surface area contributed by atoms with Crippen molar-refractivity contribution in [3.63, 3.8) is 0 Å². The Morgan fingerprint density at radius 2 is 2.38 bits per heavy atom. The zero-order valence-corrected chi connectivity index (χ0v) is 7.21. The molecule has 1 heterocycles. The Kier molecular flexibility index (Phi) is 1.84. The molecule has 13 heavy (non-hydrogen) atoms. The highest BCUT2D eigenvalue weighted by atomic mass is 16.3. The standard InChI is InChI=1S/C9H12N2O2/c10-8(12)7-6-3-1-2-5(6)4-11-9(7)13/h4,9,11,13H,1-3H2,(H2,10,12). The normalized spacial score (nSPS) is 26.5. The average molecular weight is 180 g/mol. The number of rotatable bonds is 1. The topological polar surface area (TPSA) is 75.4 Å². The Bertz CT molecular complexity index is 318. The third kappa shape index (κ3) is 1.23. The van der Waals surface area contributed by atoms with Crippen LogP contribution in [0.25, 0.3) is 0 Å². The Hall–Kier alpha value is -1.29. The van der Waals surface area contributed by atoms with Crippen LogP contribution < -0.4 is 11.1 Å². The Labute approximate surface area is 76.1 Å². The molecular formula is C9H12N2O2. The second kappa shape index (κ2) is 2.88. The van der Waals surface area contributed by atoms with Gasteiger partial charge in [0.1, 0.15) is 0 Å². The average Bonchev–Trinajstić information content (AvgIpc) is 2.50. The predicted molar refractivity (Wildman–Crippen MR) is 47.3 cm³/mol. The van der Waals surface area contributed by atoms with Crippen LogP contribution in [0.2, 0.25) is 0 Å². The van der Waals surface area contributed by atoms with E-state index in [4.69, 9.17) is 5.73 Å². The highest BCUT2D eigenvalue weighted by Gasteiger charge is 2.28. The fourth-order valence-corrected chi connectivity index (χ4v) is 1.95. The molecule has 2 aliphatic rings. The summed E-state index contributed by atoms with van der Waals surface area (Å²) in [6.07, 6.45) is 3.70. The smallest absolute Gasteiger partial charge is 0.249 e. The van der Waals surface area contributed by atoms with E-state index in [1.54, 1.807) is 6.20 Å². The quantitative estimate of drug-likeness (QED) is 0.521. The summed E-state index contributed by atoms with van der Waals surface area (Å²) in [6.45, 7) is 0. The van der Waals surface area contributed by atoms with Crippen LogP contribution in [0, 0.1) is 0 Å². The second-order valence-electron chi connectivity index (χ2n) is 3.35. The summed E-state index contributed by atoms with van der Waals surface area (Å²) in [4.78, 5) is 11.0. The number of nitrogens with one attached hydrogen (secondary N) is 1. The van der Waals surface area contributed by atoms with E-state index >= 15 is 0 Å². The number of primary amides is 1. The van der Waals surface area contributed by atoms with E-state index in [2.05, 4.69) is 5.32 Å². The molecule has 4 heteroatoms. The van der Waals surface area contributed by atoms with Crippen LogP contribution in [0.5, 0.6) is 0 Å². The molecule has 4 nitrogen and oxygen atoms in total. The third-order valence-corrected chi connectivity index (χ3v) is 2.54. The van der Waals surface area contributed by atoms with Gasteiger partial charge in [0.15, 0.2) is 6.23 Å². The van der Waals surface area contributed by atoms with Crippen molar-refractivity contribution in [3.05, 3.63) is 22.9 Å². The van der Waals surface area contributed by atoms with Crippen molar-refractivity contribution in [1.82, 2.24) is 5.32 Å². The SMILES string of the molecule is NC(=O)C1=C2CCCC2=CNC1O. The van der Waals surface area contributed by atoms with Gasteiger partial charge in [-0.3, -0.25) is 4.79 Å². The molecule has 1 unspecified atom stereocenters. The van der Waals surface area contributed by atoms with Crippen LogP contribution in [0.1, 0.15) is 19.3 Å². The van der Waals surface area contributed by atoms with Gasteiger partial charge in [0, 0.05) is 6.20 Å². The monoisotopic (exact) mass is 180 g/mol. The zero-order chi connectivity index (χ0) is 9.42. The van der Waals surface area contributed by atoms with Crippen LogP contribution in [-0.4, -0.2) is 17.2 Å². The van der Waals surface area contributed by atoms with Gasteiger partial charge < -0.3 is 16.2 Å². The number of aliphatic hydroxyl groups excluding tert-OH is 1. The maximum atomic E-state index is 11.0. The van der Waals surface area contributed by atoms with E-state index in [1.165, 1.54) is 0 Å². The molecule has 1 fully saturated rings. The zero-order valence-electron chi connectivity index (χ0n) is 7.21. The fourth-order valence-electron chi connectivity index (χ4n) is 1.95. The molecule has 0 aromatic rings. The minimum Gasteiger partial charge on any atom is -0.369 e. The molecule has 1 saturated carbocycles. The number of carbonyl (C=O) groups is 1. The Balaban J connectivity index is 2.46. The minimum atomic E-state index is -0.922. The first-order valence-electron chi connectivity index (χ1n) is 4.36. The van der Waals surface area contributed by atoms with Gasteiger partial charge in [0.05, 0.1) is 5.57 Å². The van der Waals surface area contributed by atoms with Crippen LogP contribution in [0.3, 0.4) is 0 Å². The molecule has 1 aliphatic heterocycles. The second-order valence-corrected chi connectivity index (χ2v) is 3.35. The summed E-state index contributed by atoms with van der Waals surface area (Å²) in [5.74, 6) is -0.525. The van der Waals surface area contributed by atoms with Gasteiger partial charge >= 0.3 is 0 Å². The van der Waals surface area contributed by atoms with E-state index in [1.807, 2.05) is 0 Å². The minimum absolute atomic E-state index is 0.343. The van der Waals surface area contributed by atoms with Crippen molar-refractivity contribution in [2.24, 2.45) is 5.73 Å². The lowest BCUT2D eigenvalue weighted by Gasteiger charge is -2.21. The highest BCUT2D eigenvalue weighted by Crippen LogP contribution is 2.35. The van der Waals surface area contributed by atoms with Crippen molar-refractivity contribution < 1.29 is 9.90 Å². The molecule has 1 atom stereocenters. The summed E-state index contributed by atoms with van der Waals surface area (Å²) in [7, 11) is 0. The summed E-state index contributed by atoms with van der Waals surface area (Å²) < 4.78 is 0. The molecule has 4 N–H and O–H groups in total. The van der Waals surface area contributed by atoms with E-state index in [9.17, 15) is 9.90 Å². The third-order valence-electron chi connectivity index (χ3n) is 2.54. The summed E-state index contributed by atoms with van der Waals surface area (Å²) in [6, 6.07) is 0. The lowest BCUT2D eigenvalue weighted by Crippen LogP contribution is -2.36. The van der Waals surface area contributed by atoms with E-state index in [0.717, 1.165) is 30.4 Å². The van der Waals surface area contributed by atoms with Gasteiger partial charge in [-0.1, -0.05) is 0 Å². The Morgan fingerprint density at radius 1 is 1.62 bits per heavy atom. The van der Waals surface area contributed by atoms with E-state index < -0.39 is 12.1 Å². The van der Waals surface area contributed by atoms with Gasteiger partial charge in [-0.2, -0.15) is 0 Å². The van der Waals surface area contributed by atoms with Crippen molar-refractivity contribution in [2.45, 2.75) is 25.5 Å². The maximum Gasteiger partial charge on any atom is 0.249 e. The van der Waals surface area contributed by atoms with Crippen molar-refractivity contribution in [2.75, 3.05) is 0 Å². The number of hydrogen-bond donors (Lipinski definition) is 3. The van der Waals surface area contributed by atoms with Gasteiger partial charge in [0.25, 0.3) is 0 Å². The Morgan fingerprint density at radius 3 is 3.08 bits per heavy atom. The number of nitrogens with two attached hydrogens (primary N) is 1. The number of aliphatic hydroxyl groups is 1. The lowest BCUT2D eigenvalue weighted by atomic mass is 9.99. The number of hydrogen-bond acceptors (Lipinski definition) is 3. The van der Waals surface area contributed by atoms with Crippen LogP contribution in [0.15, 0.2) is 22.9 Å². The molecule has 1 amide bonds. The highest BCUT2D eigenvalue weighted by molar-refractivity contribution is 5.95. The molecule has 0 aromatic heterocycles. The molecule has 0 saturated heterocycles. The summed E-state index contributed by atoms with van der Waals surface area (Å²) >= 11 is 0. The molecule has 1 aliphatic carbocycles. The number of amides is 1. The maximum absolute atomic E-state index is 11.0. The largest absolute Gasteiger partial charge is 0.369 e. The number of dihydropyridines is 1. The van der Waals surface area contributed by atoms with Crippen molar-refractivity contribution in [3.8, 4) is 0 Å². The van der Waals surface area contributed by atoms with Gasteiger partial charge in [0.2, 0.25) is 5.91 Å². The molecule has 0 spiro atoms. The molecule has 0 radical (unpaired) electrons. The van der Waals surface area contributed by atoms with Crippen LogP contribution >= 0.6 is 0 Å². The lowest BCUT2D eigenvalue weighted by molar-refractivity contribution is -0.115. The first kappa shape index (κ1) is 8.31. The number of allylic oxidation sites excluding steroid dienone is 2. The van der Waals surface area contributed by atoms with Crippen molar-refractivity contribution >= 4 is 5.91 Å². The van der Waals surface area contributed by atoms with Crippen molar-refractivity contribution in [1.29, 1.82) is 0 Å². The van der Waals surface area contributed by atoms with E-state index in [0.29, 0.717) is 5.57 Å². The summed E-state index contributed by atoms with van der Waals surface area (Å²) in [5, 5.41) is 12.2. The molecule has 2 rings (SSSR count). The predicted octanol–water partition coefficient (Wildman–Crippen LogP) is -0.242. The number of fused-ring (bicyclic) bond motifs is 1. The van der Waals surface area contributed by atoms with Crippen LogP contribution in [-0.2, 0) is 4.79 Å². The molecular weight excluding hydrogens is 168 g/mol. The summed E-state index contributed by atoms with van der Waals surface area (Å²) in [5.41, 5.74) is 7.59. The van der Waals surface area contributed by atoms with Crippen LogP contribution in [0.4, 0.5) is 0 Å². The van der Waals surface area contributed by atoms with Gasteiger partial charge in [-0.15, -0.1) is 0 Å². The molecule has 0 bridgehead atoms. The fraction of sp³-hybridized carbons (Fsp3) is 0.444. The molecule has 70 valence electrons. The van der Waals surface area contributed by atoms with Gasteiger partial charge in [-0.05, 0) is 30.4 Å². The van der Waals surface area contributed by atoms with E-state index in [-0.39, 0.29) is 0 Å².